The maximum atomic E-state index is 11.3. The Hall–Kier alpha value is -1.75. The van der Waals surface area contributed by atoms with Crippen LogP contribution in [0.3, 0.4) is 0 Å². The zero-order valence-electron chi connectivity index (χ0n) is 11.7. The van der Waals surface area contributed by atoms with Crippen molar-refractivity contribution in [1.82, 2.24) is 0 Å². The standard InChI is InChI=1S/C15H21NO4/c1-20-13-8-12(17)11(7-10(13)14(18)19)15(9-16)5-3-2-4-6-15/h7-8,17H,2-6,9,16H2,1H3,(H,18,19). The minimum atomic E-state index is -1.06. The lowest BCUT2D eigenvalue weighted by Crippen LogP contribution is -2.37. The molecule has 0 unspecified atom stereocenters. The second kappa shape index (κ2) is 5.71. The number of carboxylic acids is 1. The third-order valence-electron chi connectivity index (χ3n) is 4.32. The van der Waals surface area contributed by atoms with Gasteiger partial charge < -0.3 is 20.7 Å². The summed E-state index contributed by atoms with van der Waals surface area (Å²) in [5.41, 5.74) is 6.33. The van der Waals surface area contributed by atoms with Crippen molar-refractivity contribution < 1.29 is 19.7 Å². The van der Waals surface area contributed by atoms with Crippen LogP contribution in [0.25, 0.3) is 0 Å². The lowest BCUT2D eigenvalue weighted by atomic mass is 9.69. The highest BCUT2D eigenvalue weighted by Gasteiger charge is 2.36. The van der Waals surface area contributed by atoms with Crippen LogP contribution in [0.4, 0.5) is 0 Å². The number of hydrogen-bond acceptors (Lipinski definition) is 4. The molecule has 1 fully saturated rings. The average molecular weight is 279 g/mol. The second-order valence-electron chi connectivity index (χ2n) is 5.42. The highest BCUT2D eigenvalue weighted by atomic mass is 16.5. The number of rotatable bonds is 4. The largest absolute Gasteiger partial charge is 0.508 e. The first-order valence-corrected chi connectivity index (χ1v) is 6.89. The topological polar surface area (TPSA) is 92.8 Å². The molecule has 4 N–H and O–H groups in total. The third kappa shape index (κ3) is 2.45. The molecule has 0 heterocycles. The number of carboxylic acid groups (broad SMARTS) is 1. The first-order chi connectivity index (χ1) is 9.54. The van der Waals surface area contributed by atoms with E-state index in [4.69, 9.17) is 10.5 Å². The molecule has 0 saturated heterocycles. The number of phenolic OH excluding ortho intramolecular Hbond substituents is 1. The Kier molecular flexibility index (Phi) is 4.18. The number of methoxy groups -OCH3 is 1. The van der Waals surface area contributed by atoms with Crippen LogP contribution in [0, 0.1) is 0 Å². The lowest BCUT2D eigenvalue weighted by Gasteiger charge is -2.37. The fraction of sp³-hybridized carbons (Fsp3) is 0.533. The van der Waals surface area contributed by atoms with Gasteiger partial charge in [0.1, 0.15) is 17.1 Å². The van der Waals surface area contributed by atoms with Gasteiger partial charge in [-0.2, -0.15) is 0 Å². The fourth-order valence-electron chi connectivity index (χ4n) is 3.14. The molecule has 0 aromatic heterocycles. The van der Waals surface area contributed by atoms with E-state index in [9.17, 15) is 15.0 Å². The molecule has 1 aromatic carbocycles. The molecule has 0 atom stereocenters. The second-order valence-corrected chi connectivity index (χ2v) is 5.42. The Morgan fingerprint density at radius 2 is 2.00 bits per heavy atom. The Balaban J connectivity index is 2.55. The first kappa shape index (κ1) is 14.7. The molecule has 5 heteroatoms. The number of benzene rings is 1. The van der Waals surface area contributed by atoms with Gasteiger partial charge in [-0.3, -0.25) is 0 Å². The number of aromatic hydroxyl groups is 1. The molecule has 0 amide bonds. The zero-order valence-corrected chi connectivity index (χ0v) is 11.7. The quantitative estimate of drug-likeness (QED) is 0.786. The van der Waals surface area contributed by atoms with Gasteiger partial charge in [-0.05, 0) is 18.9 Å². The maximum absolute atomic E-state index is 11.3. The normalized spacial score (nSPS) is 17.7. The molecule has 0 radical (unpaired) electrons. The van der Waals surface area contributed by atoms with Crippen LogP contribution in [-0.4, -0.2) is 29.8 Å². The number of phenols is 1. The van der Waals surface area contributed by atoms with Crippen molar-refractivity contribution in [3.8, 4) is 11.5 Å². The van der Waals surface area contributed by atoms with Crippen LogP contribution in [-0.2, 0) is 5.41 Å². The van der Waals surface area contributed by atoms with E-state index < -0.39 is 5.97 Å². The van der Waals surface area contributed by atoms with Crippen molar-refractivity contribution in [2.24, 2.45) is 5.73 Å². The summed E-state index contributed by atoms with van der Waals surface area (Å²) in [6.07, 6.45) is 5.01. The van der Waals surface area contributed by atoms with Crippen molar-refractivity contribution in [1.29, 1.82) is 0 Å². The van der Waals surface area contributed by atoms with E-state index in [1.54, 1.807) is 0 Å². The van der Waals surface area contributed by atoms with Gasteiger partial charge in [0.05, 0.1) is 7.11 Å². The van der Waals surface area contributed by atoms with Gasteiger partial charge in [0.2, 0.25) is 0 Å². The molecule has 20 heavy (non-hydrogen) atoms. The summed E-state index contributed by atoms with van der Waals surface area (Å²) in [5.74, 6) is -0.827. The van der Waals surface area contributed by atoms with E-state index in [1.807, 2.05) is 0 Å². The van der Waals surface area contributed by atoms with E-state index in [0.29, 0.717) is 12.1 Å². The summed E-state index contributed by atoms with van der Waals surface area (Å²) < 4.78 is 5.02. The van der Waals surface area contributed by atoms with Crippen LogP contribution in [0.5, 0.6) is 11.5 Å². The minimum absolute atomic E-state index is 0.0682. The third-order valence-corrected chi connectivity index (χ3v) is 4.32. The van der Waals surface area contributed by atoms with Gasteiger partial charge in [-0.25, -0.2) is 4.79 Å². The van der Waals surface area contributed by atoms with Gasteiger partial charge in [0.15, 0.2) is 0 Å². The molecule has 1 saturated carbocycles. The van der Waals surface area contributed by atoms with Crippen LogP contribution in [0.1, 0.15) is 48.0 Å². The van der Waals surface area contributed by atoms with Crippen molar-refractivity contribution in [3.05, 3.63) is 23.3 Å². The first-order valence-electron chi connectivity index (χ1n) is 6.89. The summed E-state index contributed by atoms with van der Waals surface area (Å²) in [6, 6.07) is 2.90. The molecule has 1 aromatic rings. The molecule has 110 valence electrons. The highest BCUT2D eigenvalue weighted by Crippen LogP contribution is 2.44. The van der Waals surface area contributed by atoms with E-state index in [2.05, 4.69) is 0 Å². The maximum Gasteiger partial charge on any atom is 0.339 e. The molecule has 5 nitrogen and oxygen atoms in total. The van der Waals surface area contributed by atoms with Gasteiger partial charge in [0, 0.05) is 23.6 Å². The minimum Gasteiger partial charge on any atom is -0.508 e. The predicted octanol–water partition coefficient (Wildman–Crippen LogP) is 2.26. The molecular weight excluding hydrogens is 258 g/mol. The van der Waals surface area contributed by atoms with Crippen LogP contribution >= 0.6 is 0 Å². The number of hydrogen-bond donors (Lipinski definition) is 3. The van der Waals surface area contributed by atoms with Crippen LogP contribution < -0.4 is 10.5 Å². The summed E-state index contributed by atoms with van der Waals surface area (Å²) in [4.78, 5) is 11.3. The van der Waals surface area contributed by atoms with Crippen LogP contribution in [0.2, 0.25) is 0 Å². The van der Waals surface area contributed by atoms with Crippen LogP contribution in [0.15, 0.2) is 12.1 Å². The molecule has 0 aliphatic heterocycles. The van der Waals surface area contributed by atoms with E-state index in [0.717, 1.165) is 32.1 Å². The lowest BCUT2D eigenvalue weighted by molar-refractivity contribution is 0.0693. The van der Waals surface area contributed by atoms with E-state index in [-0.39, 0.29) is 22.5 Å². The molecule has 1 aliphatic carbocycles. The number of aromatic carboxylic acids is 1. The molecule has 2 rings (SSSR count). The van der Waals surface area contributed by atoms with E-state index in [1.165, 1.54) is 19.2 Å². The van der Waals surface area contributed by atoms with E-state index >= 15 is 0 Å². The molecule has 0 bridgehead atoms. The average Bonchev–Trinajstić information content (AvgIpc) is 2.47. The van der Waals surface area contributed by atoms with Gasteiger partial charge in [-0.15, -0.1) is 0 Å². The Bertz CT molecular complexity index is 507. The summed E-state index contributed by atoms with van der Waals surface area (Å²) in [7, 11) is 1.39. The van der Waals surface area contributed by atoms with Gasteiger partial charge in [0.25, 0.3) is 0 Å². The summed E-state index contributed by atoms with van der Waals surface area (Å²) >= 11 is 0. The predicted molar refractivity (Wildman–Crippen MR) is 75.4 cm³/mol. The van der Waals surface area contributed by atoms with Crippen molar-refractivity contribution in [2.75, 3.05) is 13.7 Å². The number of ether oxygens (including phenoxy) is 1. The summed E-state index contributed by atoms with van der Waals surface area (Å²) in [6.45, 7) is 0.409. The Morgan fingerprint density at radius 1 is 1.35 bits per heavy atom. The molecule has 1 aliphatic rings. The van der Waals surface area contributed by atoms with Crippen molar-refractivity contribution in [3.63, 3.8) is 0 Å². The number of carbonyl (C=O) groups is 1. The smallest absolute Gasteiger partial charge is 0.339 e. The summed E-state index contributed by atoms with van der Waals surface area (Å²) in [5, 5.41) is 19.5. The van der Waals surface area contributed by atoms with Crippen molar-refractivity contribution in [2.45, 2.75) is 37.5 Å². The molecular formula is C15H21NO4. The monoisotopic (exact) mass is 279 g/mol. The Labute approximate surface area is 118 Å². The number of nitrogens with two attached hydrogens (primary N) is 1. The van der Waals surface area contributed by atoms with Gasteiger partial charge >= 0.3 is 5.97 Å². The van der Waals surface area contributed by atoms with Crippen molar-refractivity contribution >= 4 is 5.97 Å². The fourth-order valence-corrected chi connectivity index (χ4v) is 3.14. The zero-order chi connectivity index (χ0) is 14.8. The molecule has 0 spiro atoms. The Morgan fingerprint density at radius 3 is 2.50 bits per heavy atom. The SMILES string of the molecule is COc1cc(O)c(C2(CN)CCCCC2)cc1C(=O)O. The highest BCUT2D eigenvalue weighted by molar-refractivity contribution is 5.91. The van der Waals surface area contributed by atoms with Gasteiger partial charge in [-0.1, -0.05) is 19.3 Å².